The number of carbonyl (C=O) groups excluding carboxylic acids is 4. The minimum Gasteiger partial charge on any atom is -0.477 e. The van der Waals surface area contributed by atoms with Gasteiger partial charge in [-0.15, -0.1) is 11.8 Å². The first-order chi connectivity index (χ1) is 19.5. The number of thioether (sulfide) groups is 1. The molecule has 3 heterocycles. The van der Waals surface area contributed by atoms with Gasteiger partial charge >= 0.3 is 18.0 Å². The van der Waals surface area contributed by atoms with Gasteiger partial charge in [0.25, 0.3) is 15.9 Å². The fourth-order valence-corrected chi connectivity index (χ4v) is 7.48. The van der Waals surface area contributed by atoms with Gasteiger partial charge in [-0.05, 0) is 30.2 Å². The molecule has 15 heteroatoms. The van der Waals surface area contributed by atoms with E-state index < -0.39 is 57.3 Å². The smallest absolute Gasteiger partial charge is 0.352 e. The lowest BCUT2D eigenvalue weighted by molar-refractivity contribution is -0.151. The summed E-state index contributed by atoms with van der Waals surface area (Å²) in [4.78, 5) is 66.0. The summed E-state index contributed by atoms with van der Waals surface area (Å²) < 4.78 is 26.5. The fraction of sp³-hybridized carbons (Fsp3) is 0.269. The summed E-state index contributed by atoms with van der Waals surface area (Å²) in [6.45, 7) is 1.12. The number of fused-ring (bicyclic) bond motifs is 1. The largest absolute Gasteiger partial charge is 0.477 e. The molecule has 0 saturated carbocycles. The van der Waals surface area contributed by atoms with E-state index in [0.29, 0.717) is 26.1 Å². The molecule has 2 saturated heterocycles. The fourth-order valence-electron chi connectivity index (χ4n) is 4.81. The van der Waals surface area contributed by atoms with Crippen molar-refractivity contribution in [1.82, 2.24) is 24.7 Å². The first kappa shape index (κ1) is 28.2. The Balaban J connectivity index is 1.32. The number of carbonyl (C=O) groups is 5. The zero-order chi connectivity index (χ0) is 29.5. The molecule has 0 spiro atoms. The maximum atomic E-state index is 13.4. The predicted octanol–water partition coefficient (Wildman–Crippen LogP) is 1.32. The Hall–Kier alpha value is -4.37. The van der Waals surface area contributed by atoms with Crippen LogP contribution >= 0.6 is 11.8 Å². The van der Waals surface area contributed by atoms with Gasteiger partial charge in [0.1, 0.15) is 23.2 Å². The summed E-state index contributed by atoms with van der Waals surface area (Å²) in [7, 11) is -4.20. The number of β-lactam (4-membered cyclic amide) rings is 1. The van der Waals surface area contributed by atoms with Crippen LogP contribution in [0.3, 0.4) is 0 Å². The summed E-state index contributed by atoms with van der Waals surface area (Å²) in [5.74, 6) is -2.23. The molecule has 0 bridgehead atoms. The maximum Gasteiger partial charge on any atom is 0.352 e. The van der Waals surface area contributed by atoms with Crippen molar-refractivity contribution in [3.63, 3.8) is 0 Å². The van der Waals surface area contributed by atoms with E-state index in [1.807, 2.05) is 0 Å². The summed E-state index contributed by atoms with van der Waals surface area (Å²) in [5, 5.41) is 14.0. The Labute approximate surface area is 239 Å². The number of aliphatic carboxylic acids is 1. The molecule has 5 rings (SSSR count). The van der Waals surface area contributed by atoms with Crippen LogP contribution in [0.5, 0.6) is 0 Å². The second kappa shape index (κ2) is 10.9. The van der Waals surface area contributed by atoms with Gasteiger partial charge in [0.15, 0.2) is 0 Å². The molecule has 2 aromatic rings. The molecule has 3 aliphatic rings. The molecule has 2 fully saturated rings. The second-order valence-corrected chi connectivity index (χ2v) is 12.4. The number of nitrogens with one attached hydrogen (secondary N) is 2. The van der Waals surface area contributed by atoms with Gasteiger partial charge in [-0.1, -0.05) is 48.5 Å². The van der Waals surface area contributed by atoms with Crippen LogP contribution in [0.1, 0.15) is 18.5 Å². The van der Waals surface area contributed by atoms with E-state index in [9.17, 15) is 37.5 Å². The topological polar surface area (TPSA) is 173 Å². The highest BCUT2D eigenvalue weighted by Crippen LogP contribution is 2.40. The van der Waals surface area contributed by atoms with Crippen molar-refractivity contribution in [1.29, 1.82) is 0 Å². The van der Waals surface area contributed by atoms with Crippen LogP contribution in [-0.2, 0) is 24.4 Å². The number of sulfonamides is 1. The molecule has 0 aromatic heterocycles. The predicted molar refractivity (Wildman–Crippen MR) is 146 cm³/mol. The Morgan fingerprint density at radius 2 is 1.63 bits per heavy atom. The van der Waals surface area contributed by atoms with Gasteiger partial charge in [-0.3, -0.25) is 14.5 Å². The lowest BCUT2D eigenvalue weighted by Gasteiger charge is -2.49. The molecule has 0 aliphatic carbocycles. The molecule has 0 radical (unpaired) electrons. The van der Waals surface area contributed by atoms with Gasteiger partial charge in [0, 0.05) is 5.75 Å². The Kier molecular flexibility index (Phi) is 7.48. The Morgan fingerprint density at radius 3 is 2.27 bits per heavy atom. The molecule has 2 aromatic carbocycles. The van der Waals surface area contributed by atoms with Crippen molar-refractivity contribution in [2.75, 3.05) is 18.8 Å². The first-order valence-corrected chi connectivity index (χ1v) is 14.9. The average Bonchev–Trinajstić information content (AvgIpc) is 3.37. The van der Waals surface area contributed by atoms with E-state index in [2.05, 4.69) is 10.6 Å². The van der Waals surface area contributed by atoms with E-state index in [0.717, 1.165) is 4.90 Å². The van der Waals surface area contributed by atoms with Crippen LogP contribution in [0.4, 0.5) is 9.59 Å². The van der Waals surface area contributed by atoms with Gasteiger partial charge < -0.3 is 15.7 Å². The monoisotopic (exact) mass is 599 g/mol. The van der Waals surface area contributed by atoms with Gasteiger partial charge in [0.2, 0.25) is 5.91 Å². The quantitative estimate of drug-likeness (QED) is 0.397. The molecule has 3 atom stereocenters. The van der Waals surface area contributed by atoms with Crippen LogP contribution < -0.4 is 10.6 Å². The SMILES string of the molecule is CC1=C(C(=O)O)N2C(=O)C(NC(=O)[C@H](NC(=O)N3CCN(S(=O)(=O)c4ccccc4)C3=O)c3ccccc3)[C@H]2SC1. The lowest BCUT2D eigenvalue weighted by Crippen LogP contribution is -2.71. The van der Waals surface area contributed by atoms with Crippen molar-refractivity contribution in [2.45, 2.75) is 29.3 Å². The normalized spacial score (nSPS) is 21.2. The molecule has 3 aliphatic heterocycles. The summed E-state index contributed by atoms with van der Waals surface area (Å²) in [6.07, 6.45) is 0. The number of imide groups is 1. The number of hydrogen-bond acceptors (Lipinski definition) is 8. The molecule has 3 N–H and O–H groups in total. The highest BCUT2D eigenvalue weighted by Gasteiger charge is 2.54. The molecule has 214 valence electrons. The third-order valence-electron chi connectivity index (χ3n) is 6.87. The van der Waals surface area contributed by atoms with Crippen molar-refractivity contribution in [3.05, 3.63) is 77.5 Å². The van der Waals surface area contributed by atoms with E-state index in [4.69, 9.17) is 0 Å². The van der Waals surface area contributed by atoms with E-state index in [1.165, 1.54) is 36.0 Å². The minimum absolute atomic E-state index is 0.104. The van der Waals surface area contributed by atoms with Gasteiger partial charge in [-0.25, -0.2) is 32.0 Å². The summed E-state index contributed by atoms with van der Waals surface area (Å²) in [5.41, 5.74) is 0.769. The third kappa shape index (κ3) is 5.02. The van der Waals surface area contributed by atoms with Crippen LogP contribution in [-0.4, -0.2) is 87.7 Å². The highest BCUT2D eigenvalue weighted by atomic mass is 32.2. The number of rotatable bonds is 7. The Morgan fingerprint density at radius 1 is 1.00 bits per heavy atom. The molecule has 1 unspecified atom stereocenters. The lowest BCUT2D eigenvalue weighted by atomic mass is 10.0. The molecular weight excluding hydrogens is 574 g/mol. The number of carboxylic acids is 1. The van der Waals surface area contributed by atoms with Crippen LogP contribution in [0.15, 0.2) is 76.8 Å². The van der Waals surface area contributed by atoms with Crippen LogP contribution in [0.25, 0.3) is 0 Å². The summed E-state index contributed by atoms with van der Waals surface area (Å²) in [6, 6.07) is 11.0. The number of benzene rings is 2. The zero-order valence-corrected chi connectivity index (χ0v) is 23.2. The number of urea groups is 2. The zero-order valence-electron chi connectivity index (χ0n) is 21.6. The van der Waals surface area contributed by atoms with Crippen molar-refractivity contribution in [3.8, 4) is 0 Å². The molecule has 6 amide bonds. The third-order valence-corrected chi connectivity index (χ3v) is 10.1. The van der Waals surface area contributed by atoms with Crippen molar-refractivity contribution >= 4 is 51.6 Å². The number of hydrogen-bond donors (Lipinski definition) is 3. The number of carboxylic acid groups (broad SMARTS) is 1. The minimum atomic E-state index is -4.20. The maximum absolute atomic E-state index is 13.4. The number of amides is 6. The van der Waals surface area contributed by atoms with E-state index >= 15 is 0 Å². The van der Waals surface area contributed by atoms with Crippen LogP contribution in [0.2, 0.25) is 0 Å². The summed E-state index contributed by atoms with van der Waals surface area (Å²) >= 11 is 1.31. The molecule has 13 nitrogen and oxygen atoms in total. The first-order valence-electron chi connectivity index (χ1n) is 12.4. The van der Waals surface area contributed by atoms with E-state index in [-0.39, 0.29) is 23.7 Å². The van der Waals surface area contributed by atoms with Crippen molar-refractivity contribution in [2.24, 2.45) is 0 Å². The average molecular weight is 600 g/mol. The van der Waals surface area contributed by atoms with Gasteiger partial charge in [0.05, 0.1) is 18.0 Å². The molecule has 41 heavy (non-hydrogen) atoms. The highest BCUT2D eigenvalue weighted by molar-refractivity contribution is 8.00. The molecular formula is C26H25N5O8S2. The standard InChI is InChI=1S/C26H25N5O8S2/c1-15-14-40-23-19(22(33)31(23)20(15)24(34)35)27-21(32)18(16-8-4-2-5-9-16)28-25(36)29-12-13-30(26(29)37)41(38,39)17-10-6-3-7-11-17/h2-11,18-19,23H,12-14H2,1H3,(H,27,32)(H,28,36)(H,34,35)/t18-,19?,23-/m1/s1. The number of nitrogens with zero attached hydrogens (tertiary/aromatic N) is 3. The Bertz CT molecular complexity index is 1560. The van der Waals surface area contributed by atoms with Crippen LogP contribution in [0, 0.1) is 0 Å². The van der Waals surface area contributed by atoms with Gasteiger partial charge in [-0.2, -0.15) is 0 Å². The van der Waals surface area contributed by atoms with Crippen molar-refractivity contribution < 1.29 is 37.5 Å². The second-order valence-electron chi connectivity index (χ2n) is 9.45. The van der Waals surface area contributed by atoms with E-state index in [1.54, 1.807) is 43.3 Å².